The van der Waals surface area contributed by atoms with Gasteiger partial charge in [0, 0.05) is 55.1 Å². The van der Waals surface area contributed by atoms with E-state index in [0.717, 1.165) is 27.5 Å². The molecule has 3 aliphatic rings. The zero-order valence-corrected chi connectivity index (χ0v) is 21.0. The summed E-state index contributed by atoms with van der Waals surface area (Å²) < 4.78 is 44.1. The fraction of sp³-hybridized carbons (Fsp3) is 0.375. The summed E-state index contributed by atoms with van der Waals surface area (Å²) in [5.74, 6) is 0.371. The number of aryl methyl sites for hydroxylation is 1. The number of rotatable bonds is 6. The quantitative estimate of drug-likeness (QED) is 0.547. The Kier molecular flexibility index (Phi) is 5.20. The van der Waals surface area contributed by atoms with Gasteiger partial charge in [0.15, 0.2) is 10.8 Å². The maximum absolute atomic E-state index is 13.9. The highest BCUT2D eigenvalue weighted by atomic mass is 32.2. The molecule has 182 valence electrons. The lowest BCUT2D eigenvalue weighted by Crippen LogP contribution is -2.42. The zero-order valence-electron chi connectivity index (χ0n) is 19.3. The summed E-state index contributed by atoms with van der Waals surface area (Å²) in [4.78, 5) is 11.8. The zero-order chi connectivity index (χ0) is 24.4. The summed E-state index contributed by atoms with van der Waals surface area (Å²) in [6.07, 6.45) is 5.53. The van der Waals surface area contributed by atoms with Crippen molar-refractivity contribution in [3.05, 3.63) is 75.9 Å². The standard InChI is InChI=1S/C24H25FN6O2S2/c1-24(15-3-5-16(25)6-4-15)21(19-9-11-30(2)28-19)20-13-17(29-35(32,33)18-7-8-18)14-31(20)22(27-24)23-26-10-12-34-23/h3-6,9-12,17-18,29H,7-8,13-14H2,1-2H3/t17-,24?/m0/s1. The predicted octanol–water partition coefficient (Wildman–Crippen LogP) is 3.26. The molecule has 1 saturated heterocycles. The monoisotopic (exact) mass is 512 g/mol. The Balaban J connectivity index is 1.53. The topological polar surface area (TPSA) is 92.5 Å². The summed E-state index contributed by atoms with van der Waals surface area (Å²) in [7, 11) is -1.50. The highest BCUT2D eigenvalue weighted by Gasteiger charge is 2.47. The van der Waals surface area contributed by atoms with Gasteiger partial charge in [-0.25, -0.2) is 27.5 Å². The normalized spacial score (nSPS) is 24.6. The van der Waals surface area contributed by atoms with E-state index >= 15 is 0 Å². The third-order valence-electron chi connectivity index (χ3n) is 6.82. The van der Waals surface area contributed by atoms with Gasteiger partial charge in [-0.1, -0.05) is 12.1 Å². The van der Waals surface area contributed by atoms with Crippen LogP contribution in [0.2, 0.25) is 0 Å². The summed E-state index contributed by atoms with van der Waals surface area (Å²) in [6.45, 7) is 2.46. The SMILES string of the molecule is Cn1ccc(C2=C3C[C@H](NS(=O)(=O)C4CC4)CN3C(c3nccs3)=NC2(C)c2ccc(F)cc2)n1. The van der Waals surface area contributed by atoms with Crippen LogP contribution < -0.4 is 4.72 Å². The van der Waals surface area contributed by atoms with Crippen LogP contribution in [0.4, 0.5) is 4.39 Å². The molecule has 3 aromatic rings. The molecular weight excluding hydrogens is 487 g/mol. The van der Waals surface area contributed by atoms with Gasteiger partial charge >= 0.3 is 0 Å². The molecule has 1 N–H and O–H groups in total. The molecule has 2 aliphatic heterocycles. The van der Waals surface area contributed by atoms with E-state index in [1.165, 1.54) is 23.5 Å². The molecular formula is C24H25FN6O2S2. The Labute approximate surface area is 207 Å². The van der Waals surface area contributed by atoms with Crippen molar-refractivity contribution < 1.29 is 12.8 Å². The molecule has 2 atom stereocenters. The van der Waals surface area contributed by atoms with E-state index in [0.29, 0.717) is 31.6 Å². The van der Waals surface area contributed by atoms with E-state index in [9.17, 15) is 12.8 Å². The Hall–Kier alpha value is -2.89. The van der Waals surface area contributed by atoms with Crippen LogP contribution in [0.25, 0.3) is 5.57 Å². The van der Waals surface area contributed by atoms with Gasteiger partial charge in [-0.3, -0.25) is 4.68 Å². The van der Waals surface area contributed by atoms with Gasteiger partial charge in [-0.2, -0.15) is 5.10 Å². The number of nitrogens with one attached hydrogen (secondary N) is 1. The van der Waals surface area contributed by atoms with Crippen molar-refractivity contribution in [2.45, 2.75) is 43.0 Å². The number of benzene rings is 1. The van der Waals surface area contributed by atoms with Crippen molar-refractivity contribution in [3.63, 3.8) is 0 Å². The third kappa shape index (κ3) is 3.91. The fourth-order valence-electron chi connectivity index (χ4n) is 5.01. The first-order valence-corrected chi connectivity index (χ1v) is 14.0. The molecule has 11 heteroatoms. The number of hydrogen-bond acceptors (Lipinski definition) is 7. The van der Waals surface area contributed by atoms with E-state index < -0.39 is 15.6 Å². The first-order chi connectivity index (χ1) is 16.7. The van der Waals surface area contributed by atoms with Gasteiger partial charge in [0.25, 0.3) is 0 Å². The molecule has 0 spiro atoms. The van der Waals surface area contributed by atoms with E-state index in [4.69, 9.17) is 10.1 Å². The Bertz CT molecular complexity index is 1440. The lowest BCUT2D eigenvalue weighted by Gasteiger charge is -2.38. The highest BCUT2D eigenvalue weighted by molar-refractivity contribution is 7.90. The second-order valence-electron chi connectivity index (χ2n) is 9.42. The molecule has 8 nitrogen and oxygen atoms in total. The van der Waals surface area contributed by atoms with Gasteiger partial charge in [-0.15, -0.1) is 11.3 Å². The molecule has 1 aromatic carbocycles. The Morgan fingerprint density at radius 2 is 1.97 bits per heavy atom. The maximum atomic E-state index is 13.9. The lowest BCUT2D eigenvalue weighted by molar-refractivity contribution is 0.499. The second-order valence-corrected chi connectivity index (χ2v) is 12.3. The summed E-state index contributed by atoms with van der Waals surface area (Å²) >= 11 is 1.48. The Morgan fingerprint density at radius 1 is 1.20 bits per heavy atom. The number of sulfonamides is 1. The van der Waals surface area contributed by atoms with Gasteiger partial charge in [0.2, 0.25) is 10.0 Å². The number of aromatic nitrogens is 3. The molecule has 0 bridgehead atoms. The first-order valence-electron chi connectivity index (χ1n) is 11.5. The van der Waals surface area contributed by atoms with Gasteiger partial charge in [0.1, 0.15) is 11.4 Å². The van der Waals surface area contributed by atoms with Crippen LogP contribution in [0, 0.1) is 5.82 Å². The highest BCUT2D eigenvalue weighted by Crippen LogP contribution is 2.48. The largest absolute Gasteiger partial charge is 0.326 e. The van der Waals surface area contributed by atoms with Gasteiger partial charge < -0.3 is 4.90 Å². The number of amidine groups is 1. The molecule has 1 unspecified atom stereocenters. The number of nitrogens with zero attached hydrogens (tertiary/aromatic N) is 5. The molecule has 6 rings (SSSR count). The molecule has 1 aliphatic carbocycles. The number of fused-ring (bicyclic) bond motifs is 1. The molecule has 4 heterocycles. The van der Waals surface area contributed by atoms with E-state index in [-0.39, 0.29) is 17.1 Å². The smallest absolute Gasteiger partial charge is 0.214 e. The van der Waals surface area contributed by atoms with Crippen molar-refractivity contribution >= 4 is 32.8 Å². The van der Waals surface area contributed by atoms with E-state index in [1.54, 1.807) is 23.0 Å². The molecule has 1 saturated carbocycles. The van der Waals surface area contributed by atoms with Crippen LogP contribution in [-0.2, 0) is 22.6 Å². The molecule has 0 radical (unpaired) electrons. The van der Waals surface area contributed by atoms with Crippen LogP contribution in [0.5, 0.6) is 0 Å². The van der Waals surface area contributed by atoms with Crippen LogP contribution in [0.1, 0.15) is 42.5 Å². The Morgan fingerprint density at radius 3 is 2.60 bits per heavy atom. The summed E-state index contributed by atoms with van der Waals surface area (Å²) in [5, 5.41) is 7.05. The van der Waals surface area contributed by atoms with Gasteiger partial charge in [-0.05, 0) is 43.5 Å². The number of aliphatic imine (C=N–C) groups is 1. The van der Waals surface area contributed by atoms with Crippen molar-refractivity contribution in [1.82, 2.24) is 24.4 Å². The van der Waals surface area contributed by atoms with Crippen LogP contribution in [-0.4, -0.2) is 51.8 Å². The molecule has 35 heavy (non-hydrogen) atoms. The summed E-state index contributed by atoms with van der Waals surface area (Å²) in [5.41, 5.74) is 2.55. The van der Waals surface area contributed by atoms with E-state index in [2.05, 4.69) is 14.6 Å². The van der Waals surface area contributed by atoms with Crippen molar-refractivity contribution in [2.75, 3.05) is 6.54 Å². The minimum absolute atomic E-state index is 0.291. The first kappa shape index (κ1) is 22.6. The van der Waals surface area contributed by atoms with Crippen LogP contribution in [0.15, 0.2) is 58.8 Å². The van der Waals surface area contributed by atoms with Crippen molar-refractivity contribution in [2.24, 2.45) is 12.0 Å². The molecule has 2 aromatic heterocycles. The van der Waals surface area contributed by atoms with Crippen LogP contribution >= 0.6 is 11.3 Å². The van der Waals surface area contributed by atoms with Crippen LogP contribution in [0.3, 0.4) is 0 Å². The number of thiazole rings is 1. The van der Waals surface area contributed by atoms with E-state index in [1.807, 2.05) is 31.6 Å². The second kappa shape index (κ2) is 8.07. The minimum atomic E-state index is -3.36. The van der Waals surface area contributed by atoms with Gasteiger partial charge in [0.05, 0.1) is 10.9 Å². The lowest BCUT2D eigenvalue weighted by atomic mass is 9.80. The third-order valence-corrected chi connectivity index (χ3v) is 9.60. The fourth-order valence-corrected chi connectivity index (χ4v) is 7.22. The summed E-state index contributed by atoms with van der Waals surface area (Å²) in [6, 6.07) is 8.02. The van der Waals surface area contributed by atoms with Crippen molar-refractivity contribution in [1.29, 1.82) is 0 Å². The maximum Gasteiger partial charge on any atom is 0.214 e. The average molecular weight is 513 g/mol. The minimum Gasteiger partial charge on any atom is -0.326 e. The predicted molar refractivity (Wildman–Crippen MR) is 133 cm³/mol. The molecule has 0 amide bonds. The van der Waals surface area contributed by atoms with Crippen molar-refractivity contribution in [3.8, 4) is 0 Å². The molecule has 2 fully saturated rings. The number of hydrogen-bond donors (Lipinski definition) is 1. The number of halogens is 1. The average Bonchev–Trinajstić information content (AvgIpc) is 3.19.